The third kappa shape index (κ3) is 7.28. The first kappa shape index (κ1) is 25.2. The van der Waals surface area contributed by atoms with E-state index < -0.39 is 17.9 Å². The van der Waals surface area contributed by atoms with Crippen LogP contribution in [0.3, 0.4) is 0 Å². The molecule has 3 rings (SSSR count). The second kappa shape index (κ2) is 12.7. The molecule has 0 radical (unpaired) electrons. The number of rotatable bonds is 9. The maximum absolute atomic E-state index is 15.0. The van der Waals surface area contributed by atoms with Gasteiger partial charge in [0.2, 0.25) is 5.95 Å². The summed E-state index contributed by atoms with van der Waals surface area (Å²) in [4.78, 5) is 30.9. The molecular weight excluding hydrogens is 463 g/mol. The van der Waals surface area contributed by atoms with Gasteiger partial charge in [-0.15, -0.1) is 4.99 Å². The highest BCUT2D eigenvalue weighted by Gasteiger charge is 2.19. The zero-order valence-electron chi connectivity index (χ0n) is 18.7. The van der Waals surface area contributed by atoms with E-state index in [2.05, 4.69) is 24.8 Å². The number of aliphatic imine (C=N–C) groups is 1. The molecule has 0 saturated carbocycles. The average molecular weight is 491 g/mol. The highest BCUT2D eigenvalue weighted by molar-refractivity contribution is 7.96. The number of amides is 1. The van der Waals surface area contributed by atoms with E-state index in [4.69, 9.17) is 21.0 Å². The Kier molecular flexibility index (Phi) is 9.40. The van der Waals surface area contributed by atoms with Gasteiger partial charge in [-0.3, -0.25) is 4.72 Å². The van der Waals surface area contributed by atoms with E-state index in [9.17, 15) is 9.18 Å². The third-order valence-corrected chi connectivity index (χ3v) is 5.35. The summed E-state index contributed by atoms with van der Waals surface area (Å²) in [5.41, 5.74) is 12.2. The summed E-state index contributed by atoms with van der Waals surface area (Å²) >= 11 is 1.54. The van der Waals surface area contributed by atoms with Crippen LogP contribution in [0.25, 0.3) is 11.1 Å². The highest BCUT2D eigenvalue weighted by Crippen LogP contribution is 2.26. The van der Waals surface area contributed by atoms with Gasteiger partial charge < -0.3 is 25.9 Å². The Morgan fingerprint density at radius 1 is 1.26 bits per heavy atom. The van der Waals surface area contributed by atoms with Crippen molar-refractivity contribution in [3.05, 3.63) is 42.0 Å². The van der Waals surface area contributed by atoms with Gasteiger partial charge in [-0.1, -0.05) is 35.3 Å². The Hall–Kier alpha value is -3.45. The van der Waals surface area contributed by atoms with Gasteiger partial charge in [0.05, 0.1) is 5.71 Å². The first-order chi connectivity index (χ1) is 16.5. The number of hydrogen-bond donors (Lipinski definition) is 3. The van der Waals surface area contributed by atoms with E-state index in [0.29, 0.717) is 23.7 Å². The summed E-state index contributed by atoms with van der Waals surface area (Å²) in [6, 6.07) is 4.76. The van der Waals surface area contributed by atoms with E-state index in [0.717, 1.165) is 38.2 Å². The van der Waals surface area contributed by atoms with Crippen LogP contribution in [0.4, 0.5) is 15.1 Å². The van der Waals surface area contributed by atoms with Crippen LogP contribution in [0.2, 0.25) is 0 Å². The summed E-state index contributed by atoms with van der Waals surface area (Å²) in [5.74, 6) is -0.403. The predicted octanol–water partition coefficient (Wildman–Crippen LogP) is 2.03. The number of guanidine groups is 1. The number of benzene rings is 1. The molecule has 0 spiro atoms. The number of nitrogens with zero attached hydrogens (tertiary/aromatic N) is 5. The third-order valence-electron chi connectivity index (χ3n) is 4.86. The van der Waals surface area contributed by atoms with Crippen molar-refractivity contribution in [3.8, 4) is 11.1 Å². The summed E-state index contributed by atoms with van der Waals surface area (Å²) < 4.78 is 22.9. The van der Waals surface area contributed by atoms with E-state index in [-0.39, 0.29) is 12.2 Å². The number of oxime groups is 1. The number of nitrogens with two attached hydrogens (primary N) is 2. The van der Waals surface area contributed by atoms with Crippen molar-refractivity contribution in [2.24, 2.45) is 21.6 Å². The van der Waals surface area contributed by atoms with Gasteiger partial charge in [0.1, 0.15) is 19.0 Å². The number of carbonyl (C=O) groups is 1. The second-order valence-electron chi connectivity index (χ2n) is 7.22. The number of anilines is 1. The van der Waals surface area contributed by atoms with Crippen molar-refractivity contribution < 1.29 is 18.8 Å². The predicted molar refractivity (Wildman–Crippen MR) is 130 cm³/mol. The normalized spacial score (nSPS) is 13.4. The van der Waals surface area contributed by atoms with Crippen molar-refractivity contribution in [2.45, 2.75) is 19.4 Å². The standard InChI is InChI=1S/C21H27FN8O3S/c1-34-27-7-10-33-29-16-5-8-30(9-6-16)20-25-11-15(12-26-20)17-4-2-3-14(18(17)22)13-32-21(31)28-19(23)24/h2-4,11-12,27H,5-10,13H2,1H3,(H4,23,24,28,31). The molecule has 1 aromatic heterocycles. The molecule has 0 unspecified atom stereocenters. The van der Waals surface area contributed by atoms with E-state index in [1.807, 2.05) is 11.2 Å². The van der Waals surface area contributed by atoms with Crippen LogP contribution in [-0.2, 0) is 16.2 Å². The lowest BCUT2D eigenvalue weighted by Gasteiger charge is -2.27. The van der Waals surface area contributed by atoms with Gasteiger partial charge in [-0.25, -0.2) is 19.2 Å². The molecule has 2 aromatic rings. The molecule has 1 aliphatic rings. The molecule has 34 heavy (non-hydrogen) atoms. The molecule has 1 aliphatic heterocycles. The Bertz CT molecular complexity index is 1020. The van der Waals surface area contributed by atoms with Crippen LogP contribution in [0, 0.1) is 5.82 Å². The van der Waals surface area contributed by atoms with E-state index in [1.54, 1.807) is 36.5 Å². The van der Waals surface area contributed by atoms with Crippen LogP contribution in [-0.4, -0.2) is 60.2 Å². The summed E-state index contributed by atoms with van der Waals surface area (Å²) in [6.07, 6.45) is 5.63. The van der Waals surface area contributed by atoms with Crippen LogP contribution in [0.15, 0.2) is 40.7 Å². The van der Waals surface area contributed by atoms with Gasteiger partial charge >= 0.3 is 6.09 Å². The van der Waals surface area contributed by atoms with E-state index in [1.165, 1.54) is 6.07 Å². The molecule has 11 nitrogen and oxygen atoms in total. The van der Waals surface area contributed by atoms with Crippen LogP contribution < -0.4 is 21.1 Å². The zero-order chi connectivity index (χ0) is 24.3. The topological polar surface area (TPSA) is 153 Å². The molecule has 1 fully saturated rings. The Balaban J connectivity index is 1.58. The summed E-state index contributed by atoms with van der Waals surface area (Å²) in [7, 11) is 0. The minimum atomic E-state index is -0.994. The van der Waals surface area contributed by atoms with Crippen LogP contribution >= 0.6 is 11.9 Å². The number of nitrogens with one attached hydrogen (secondary N) is 1. The molecule has 1 saturated heterocycles. The lowest BCUT2D eigenvalue weighted by Crippen LogP contribution is -2.35. The quantitative estimate of drug-likeness (QED) is 0.156. The van der Waals surface area contributed by atoms with Crippen LogP contribution in [0.1, 0.15) is 18.4 Å². The summed E-state index contributed by atoms with van der Waals surface area (Å²) in [5, 5.41) is 4.20. The number of hydrogen-bond acceptors (Lipinski definition) is 9. The molecule has 0 aliphatic carbocycles. The molecule has 182 valence electrons. The van der Waals surface area contributed by atoms with E-state index >= 15 is 0 Å². The number of ether oxygens (including phenoxy) is 1. The first-order valence-electron chi connectivity index (χ1n) is 10.5. The lowest BCUT2D eigenvalue weighted by atomic mass is 10.1. The minimum absolute atomic E-state index is 0.176. The smallest absolute Gasteiger partial charge is 0.437 e. The van der Waals surface area contributed by atoms with Crippen molar-refractivity contribution >= 4 is 35.7 Å². The van der Waals surface area contributed by atoms with Gasteiger partial charge in [-0.05, 0) is 6.26 Å². The molecule has 13 heteroatoms. The van der Waals surface area contributed by atoms with Crippen molar-refractivity contribution in [1.82, 2.24) is 14.7 Å². The molecule has 1 aromatic carbocycles. The molecule has 2 heterocycles. The van der Waals surface area contributed by atoms with Crippen molar-refractivity contribution in [3.63, 3.8) is 0 Å². The first-order valence-corrected chi connectivity index (χ1v) is 11.7. The maximum Gasteiger partial charge on any atom is 0.437 e. The Morgan fingerprint density at radius 2 is 2.00 bits per heavy atom. The van der Waals surface area contributed by atoms with Gasteiger partial charge in [0.25, 0.3) is 0 Å². The number of piperidine rings is 1. The maximum atomic E-state index is 15.0. The SMILES string of the molecule is CSNCCON=C1CCN(c2ncc(-c3cccc(COC(=O)N=C(N)N)c3F)cn2)CC1. The monoisotopic (exact) mass is 490 g/mol. The fourth-order valence-corrected chi connectivity index (χ4v) is 3.48. The van der Waals surface area contributed by atoms with Crippen molar-refractivity contribution in [1.29, 1.82) is 0 Å². The number of halogens is 1. The average Bonchev–Trinajstić information content (AvgIpc) is 2.83. The van der Waals surface area contributed by atoms with Gasteiger partial charge in [0.15, 0.2) is 5.96 Å². The molecule has 5 N–H and O–H groups in total. The number of aromatic nitrogens is 2. The molecular formula is C21H27FN8O3S. The Morgan fingerprint density at radius 3 is 2.68 bits per heavy atom. The van der Waals surface area contributed by atoms with Gasteiger partial charge in [-0.2, -0.15) is 0 Å². The largest absolute Gasteiger partial charge is 0.443 e. The highest BCUT2D eigenvalue weighted by atomic mass is 32.2. The van der Waals surface area contributed by atoms with Gasteiger partial charge in [0, 0.05) is 61.6 Å². The Labute approximate surface area is 200 Å². The molecule has 1 amide bonds. The second-order valence-corrected chi connectivity index (χ2v) is 7.91. The fraction of sp³-hybridized carbons (Fsp3) is 0.381. The van der Waals surface area contributed by atoms with Crippen LogP contribution in [0.5, 0.6) is 0 Å². The zero-order valence-corrected chi connectivity index (χ0v) is 19.6. The number of carbonyl (C=O) groups excluding carboxylic acids is 1. The molecule has 0 bridgehead atoms. The minimum Gasteiger partial charge on any atom is -0.443 e. The lowest BCUT2D eigenvalue weighted by molar-refractivity contribution is 0.148. The summed E-state index contributed by atoms with van der Waals surface area (Å²) in [6.45, 7) is 2.38. The van der Waals surface area contributed by atoms with Crippen molar-refractivity contribution in [2.75, 3.05) is 37.4 Å². The fourth-order valence-electron chi connectivity index (χ4n) is 3.20. The molecule has 0 atom stereocenters.